The van der Waals surface area contributed by atoms with Crippen LogP contribution in [0, 0.1) is 12.8 Å². The summed E-state index contributed by atoms with van der Waals surface area (Å²) in [4.78, 5) is 28.2. The lowest BCUT2D eigenvalue weighted by Gasteiger charge is -2.40. The Morgan fingerprint density at radius 3 is 2.56 bits per heavy atom. The number of benzene rings is 1. The van der Waals surface area contributed by atoms with Crippen LogP contribution < -0.4 is 5.32 Å². The third kappa shape index (κ3) is 5.03. The number of pyridine rings is 1. The number of hydrogen-bond acceptors (Lipinski definition) is 5. The largest absolute Gasteiger partial charge is 0.417 e. The van der Waals surface area contributed by atoms with Gasteiger partial charge in [-0.15, -0.1) is 0 Å². The molecule has 0 spiro atoms. The first-order chi connectivity index (χ1) is 16.3. The summed E-state index contributed by atoms with van der Waals surface area (Å²) >= 11 is 0. The minimum Gasteiger partial charge on any atom is -0.368 e. The fourth-order valence-electron chi connectivity index (χ4n) is 4.41. The molecule has 0 aliphatic carbocycles. The van der Waals surface area contributed by atoms with Crippen LogP contribution in [0.5, 0.6) is 0 Å². The molecule has 1 aliphatic heterocycles. The lowest BCUT2D eigenvalue weighted by Crippen LogP contribution is -2.51. The van der Waals surface area contributed by atoms with Gasteiger partial charge in [-0.25, -0.2) is 15.0 Å². The maximum absolute atomic E-state index is 13.8. The standard InChI is InChI=1S/C25H26F3N5O/c1-16-7-4-13-33(20(16)15-32-21-10-9-18(14-31-21)25(26,27)28)24(34)19-8-3-6-17(2)22(19)23-29-11-5-12-30-23/h3,5-6,8-12,14,16,20H,4,7,13,15H2,1-2H3,(H,31,32)/t16-,20?/m1/s1. The Bertz CT molecular complexity index is 1140. The highest BCUT2D eigenvalue weighted by Gasteiger charge is 2.34. The van der Waals surface area contributed by atoms with Crippen molar-refractivity contribution in [2.24, 2.45) is 5.92 Å². The Balaban J connectivity index is 1.57. The summed E-state index contributed by atoms with van der Waals surface area (Å²) in [6.07, 6.45) is 1.52. The van der Waals surface area contributed by atoms with E-state index in [0.29, 0.717) is 35.9 Å². The Kier molecular flexibility index (Phi) is 6.81. The molecule has 1 aromatic carbocycles. The van der Waals surface area contributed by atoms with Crippen molar-refractivity contribution in [1.82, 2.24) is 19.9 Å². The number of piperidine rings is 1. The number of anilines is 1. The van der Waals surface area contributed by atoms with Gasteiger partial charge in [-0.1, -0.05) is 19.1 Å². The van der Waals surface area contributed by atoms with E-state index in [2.05, 4.69) is 27.2 Å². The smallest absolute Gasteiger partial charge is 0.368 e. The van der Waals surface area contributed by atoms with Crippen LogP contribution in [0.25, 0.3) is 11.4 Å². The zero-order valence-corrected chi connectivity index (χ0v) is 19.0. The van der Waals surface area contributed by atoms with E-state index < -0.39 is 11.7 Å². The van der Waals surface area contributed by atoms with Crippen LogP contribution in [0.15, 0.2) is 55.0 Å². The second kappa shape index (κ2) is 9.79. The van der Waals surface area contributed by atoms with Gasteiger partial charge in [0.2, 0.25) is 0 Å². The second-order valence-electron chi connectivity index (χ2n) is 8.57. The van der Waals surface area contributed by atoms with Crippen molar-refractivity contribution in [1.29, 1.82) is 0 Å². The van der Waals surface area contributed by atoms with Crippen LogP contribution in [0.3, 0.4) is 0 Å². The monoisotopic (exact) mass is 469 g/mol. The molecule has 1 fully saturated rings. The number of aromatic nitrogens is 3. The predicted octanol–water partition coefficient (Wildman–Crippen LogP) is 5.22. The molecular weight excluding hydrogens is 443 g/mol. The van der Waals surface area contributed by atoms with Crippen molar-refractivity contribution in [2.75, 3.05) is 18.4 Å². The molecular formula is C25H26F3N5O. The molecule has 0 saturated carbocycles. The van der Waals surface area contributed by atoms with E-state index in [1.54, 1.807) is 24.5 Å². The number of carbonyl (C=O) groups excluding carboxylic acids is 1. The van der Waals surface area contributed by atoms with Gasteiger partial charge in [-0.3, -0.25) is 4.79 Å². The van der Waals surface area contributed by atoms with Gasteiger partial charge in [-0.2, -0.15) is 13.2 Å². The summed E-state index contributed by atoms with van der Waals surface area (Å²) in [6.45, 7) is 4.99. The summed E-state index contributed by atoms with van der Waals surface area (Å²) in [5.74, 6) is 0.940. The average Bonchev–Trinajstić information content (AvgIpc) is 2.83. The normalized spacial score (nSPS) is 18.6. The maximum Gasteiger partial charge on any atom is 0.417 e. The Labute approximate surface area is 196 Å². The van der Waals surface area contributed by atoms with Gasteiger partial charge in [0.25, 0.3) is 5.91 Å². The van der Waals surface area contributed by atoms with E-state index in [0.717, 1.165) is 30.7 Å². The summed E-state index contributed by atoms with van der Waals surface area (Å²) in [5.41, 5.74) is 1.36. The van der Waals surface area contributed by atoms with Gasteiger partial charge in [0.15, 0.2) is 5.82 Å². The maximum atomic E-state index is 13.8. The molecule has 1 unspecified atom stereocenters. The van der Waals surface area contributed by atoms with Crippen LogP contribution in [-0.2, 0) is 6.18 Å². The number of amides is 1. The van der Waals surface area contributed by atoms with Crippen molar-refractivity contribution in [3.63, 3.8) is 0 Å². The number of carbonyl (C=O) groups is 1. The van der Waals surface area contributed by atoms with Gasteiger partial charge in [0.05, 0.1) is 17.2 Å². The van der Waals surface area contributed by atoms with Gasteiger partial charge in [0.1, 0.15) is 5.82 Å². The third-order valence-corrected chi connectivity index (χ3v) is 6.25. The number of halogens is 3. The predicted molar refractivity (Wildman–Crippen MR) is 123 cm³/mol. The molecule has 1 amide bonds. The van der Waals surface area contributed by atoms with E-state index in [-0.39, 0.29) is 17.9 Å². The molecule has 1 saturated heterocycles. The molecule has 3 aromatic rings. The minimum absolute atomic E-state index is 0.107. The molecule has 0 radical (unpaired) electrons. The first kappa shape index (κ1) is 23.7. The minimum atomic E-state index is -4.43. The summed E-state index contributed by atoms with van der Waals surface area (Å²) in [6, 6.07) is 9.47. The van der Waals surface area contributed by atoms with Crippen molar-refractivity contribution < 1.29 is 18.0 Å². The Hall–Kier alpha value is -3.49. The van der Waals surface area contributed by atoms with Crippen LogP contribution in [0.1, 0.15) is 41.3 Å². The number of rotatable bonds is 5. The van der Waals surface area contributed by atoms with Crippen LogP contribution in [0.2, 0.25) is 0 Å². The molecule has 1 N–H and O–H groups in total. The molecule has 2 aromatic heterocycles. The van der Waals surface area contributed by atoms with E-state index in [4.69, 9.17) is 0 Å². The summed E-state index contributed by atoms with van der Waals surface area (Å²) < 4.78 is 38.5. The van der Waals surface area contributed by atoms with E-state index >= 15 is 0 Å². The lowest BCUT2D eigenvalue weighted by atomic mass is 9.89. The number of likely N-dealkylation sites (tertiary alicyclic amines) is 1. The molecule has 2 atom stereocenters. The van der Waals surface area contributed by atoms with Crippen LogP contribution in [-0.4, -0.2) is 44.9 Å². The number of aryl methyl sites for hydroxylation is 1. The lowest BCUT2D eigenvalue weighted by molar-refractivity contribution is -0.137. The summed E-state index contributed by atoms with van der Waals surface area (Å²) in [5, 5.41) is 3.12. The van der Waals surface area contributed by atoms with E-state index in [1.807, 2.05) is 24.0 Å². The fourth-order valence-corrected chi connectivity index (χ4v) is 4.41. The Morgan fingerprint density at radius 2 is 1.88 bits per heavy atom. The highest BCUT2D eigenvalue weighted by atomic mass is 19.4. The summed E-state index contributed by atoms with van der Waals surface area (Å²) in [7, 11) is 0. The molecule has 6 nitrogen and oxygen atoms in total. The molecule has 0 bridgehead atoms. The van der Waals surface area contributed by atoms with E-state index in [1.165, 1.54) is 6.07 Å². The van der Waals surface area contributed by atoms with Crippen LogP contribution >= 0.6 is 0 Å². The van der Waals surface area contributed by atoms with Crippen molar-refractivity contribution in [3.8, 4) is 11.4 Å². The Morgan fingerprint density at radius 1 is 1.12 bits per heavy atom. The number of nitrogens with one attached hydrogen (secondary N) is 1. The first-order valence-electron chi connectivity index (χ1n) is 11.2. The second-order valence-corrected chi connectivity index (χ2v) is 8.57. The van der Waals surface area contributed by atoms with Crippen molar-refractivity contribution in [2.45, 2.75) is 38.9 Å². The fraction of sp³-hybridized carbons (Fsp3) is 0.360. The number of alkyl halides is 3. The zero-order valence-electron chi connectivity index (χ0n) is 19.0. The van der Waals surface area contributed by atoms with Gasteiger partial charge >= 0.3 is 6.18 Å². The van der Waals surface area contributed by atoms with Gasteiger partial charge in [-0.05, 0) is 55.5 Å². The molecule has 9 heteroatoms. The van der Waals surface area contributed by atoms with Crippen molar-refractivity contribution >= 4 is 11.7 Å². The van der Waals surface area contributed by atoms with Gasteiger partial charge in [0, 0.05) is 37.2 Å². The molecule has 34 heavy (non-hydrogen) atoms. The zero-order chi connectivity index (χ0) is 24.3. The third-order valence-electron chi connectivity index (χ3n) is 6.25. The number of nitrogens with zero attached hydrogens (tertiary/aromatic N) is 4. The number of hydrogen-bond donors (Lipinski definition) is 1. The highest BCUT2D eigenvalue weighted by Crippen LogP contribution is 2.31. The average molecular weight is 470 g/mol. The first-order valence-corrected chi connectivity index (χ1v) is 11.2. The van der Waals surface area contributed by atoms with Crippen molar-refractivity contribution in [3.05, 3.63) is 71.7 Å². The molecule has 178 valence electrons. The molecule has 1 aliphatic rings. The molecule has 3 heterocycles. The van der Waals surface area contributed by atoms with Crippen LogP contribution in [0.4, 0.5) is 19.0 Å². The molecule has 4 rings (SSSR count). The highest BCUT2D eigenvalue weighted by molar-refractivity contribution is 6.01. The SMILES string of the molecule is Cc1cccc(C(=O)N2CCC[C@@H](C)C2CNc2ccc(C(F)(F)F)cn2)c1-c1ncccn1. The van der Waals surface area contributed by atoms with E-state index in [9.17, 15) is 18.0 Å². The topological polar surface area (TPSA) is 71.0 Å². The van der Waals surface area contributed by atoms with Gasteiger partial charge < -0.3 is 10.2 Å². The quantitative estimate of drug-likeness (QED) is 0.555.